The van der Waals surface area contributed by atoms with Crippen LogP contribution < -0.4 is 5.32 Å². The third-order valence-electron chi connectivity index (χ3n) is 5.14. The Morgan fingerprint density at radius 2 is 2.00 bits per heavy atom. The zero-order valence-corrected chi connectivity index (χ0v) is 16.2. The Hall–Kier alpha value is -3.35. The summed E-state index contributed by atoms with van der Waals surface area (Å²) < 4.78 is 13.5. The molecular weight excluding hydrogens is 369 g/mol. The number of carbonyl (C=O) groups excluding carboxylic acids is 1. The van der Waals surface area contributed by atoms with E-state index in [-0.39, 0.29) is 11.8 Å². The van der Waals surface area contributed by atoms with Crippen molar-refractivity contribution in [1.82, 2.24) is 19.9 Å². The van der Waals surface area contributed by atoms with Gasteiger partial charge in [-0.25, -0.2) is 14.4 Å². The minimum absolute atomic E-state index is 0.0944. The van der Waals surface area contributed by atoms with Crippen molar-refractivity contribution in [2.75, 3.05) is 25.5 Å². The number of nitrogens with one attached hydrogen (secondary N) is 1. The summed E-state index contributed by atoms with van der Waals surface area (Å²) >= 11 is 0. The van der Waals surface area contributed by atoms with Crippen LogP contribution in [0.3, 0.4) is 0 Å². The fourth-order valence-corrected chi connectivity index (χ4v) is 3.64. The molecule has 148 valence electrons. The first kappa shape index (κ1) is 19.0. The predicted molar refractivity (Wildman–Crippen MR) is 109 cm³/mol. The maximum Gasteiger partial charge on any atom is 0.253 e. The first-order valence-electron chi connectivity index (χ1n) is 9.66. The molecule has 0 bridgehead atoms. The smallest absolute Gasteiger partial charge is 0.253 e. The van der Waals surface area contributed by atoms with Crippen molar-refractivity contribution in [3.63, 3.8) is 0 Å². The Kier molecular flexibility index (Phi) is 5.46. The van der Waals surface area contributed by atoms with E-state index in [0.29, 0.717) is 24.5 Å². The van der Waals surface area contributed by atoms with Crippen LogP contribution in [0.4, 0.5) is 10.2 Å². The van der Waals surface area contributed by atoms with E-state index in [1.165, 1.54) is 12.1 Å². The topological polar surface area (TPSA) is 71.0 Å². The van der Waals surface area contributed by atoms with E-state index in [2.05, 4.69) is 15.3 Å². The normalized spacial score (nSPS) is 16.5. The van der Waals surface area contributed by atoms with Gasteiger partial charge in [-0.3, -0.25) is 9.78 Å². The van der Waals surface area contributed by atoms with Gasteiger partial charge < -0.3 is 10.2 Å². The Morgan fingerprint density at radius 1 is 1.17 bits per heavy atom. The number of benzene rings is 1. The number of aromatic nitrogens is 3. The van der Waals surface area contributed by atoms with Crippen LogP contribution in [0, 0.1) is 5.82 Å². The summed E-state index contributed by atoms with van der Waals surface area (Å²) in [5.74, 6) is 0.905. The van der Waals surface area contributed by atoms with Gasteiger partial charge in [0.15, 0.2) is 5.82 Å². The molecule has 0 spiro atoms. The van der Waals surface area contributed by atoms with Crippen LogP contribution in [0.5, 0.6) is 0 Å². The fraction of sp³-hybridized carbons (Fsp3) is 0.273. The molecule has 4 rings (SSSR count). The molecule has 7 heteroatoms. The van der Waals surface area contributed by atoms with Crippen molar-refractivity contribution in [2.45, 2.75) is 18.8 Å². The number of anilines is 1. The van der Waals surface area contributed by atoms with Crippen molar-refractivity contribution >= 4 is 11.7 Å². The number of halogens is 1. The predicted octanol–water partition coefficient (Wildman–Crippen LogP) is 3.74. The van der Waals surface area contributed by atoms with Gasteiger partial charge in [0.25, 0.3) is 5.91 Å². The molecule has 1 aliphatic rings. The van der Waals surface area contributed by atoms with Crippen LogP contribution in [0.25, 0.3) is 11.4 Å². The highest BCUT2D eigenvalue weighted by Gasteiger charge is 2.27. The molecule has 0 unspecified atom stereocenters. The van der Waals surface area contributed by atoms with Crippen LogP contribution in [-0.2, 0) is 0 Å². The second kappa shape index (κ2) is 8.34. The van der Waals surface area contributed by atoms with Crippen molar-refractivity contribution in [3.8, 4) is 11.4 Å². The molecule has 1 fully saturated rings. The lowest BCUT2D eigenvalue weighted by atomic mass is 9.93. The lowest BCUT2D eigenvalue weighted by Gasteiger charge is -2.32. The molecule has 0 radical (unpaired) electrons. The van der Waals surface area contributed by atoms with Gasteiger partial charge in [0, 0.05) is 55.6 Å². The van der Waals surface area contributed by atoms with E-state index >= 15 is 0 Å². The zero-order valence-electron chi connectivity index (χ0n) is 16.2. The molecule has 1 N–H and O–H groups in total. The molecule has 0 saturated carbocycles. The van der Waals surface area contributed by atoms with Crippen molar-refractivity contribution in [2.24, 2.45) is 0 Å². The highest BCUT2D eigenvalue weighted by Crippen LogP contribution is 2.29. The fourth-order valence-electron chi connectivity index (χ4n) is 3.64. The monoisotopic (exact) mass is 391 g/mol. The summed E-state index contributed by atoms with van der Waals surface area (Å²) in [4.78, 5) is 28.0. The largest absolute Gasteiger partial charge is 0.373 e. The zero-order chi connectivity index (χ0) is 20.2. The molecule has 2 aromatic heterocycles. The lowest BCUT2D eigenvalue weighted by molar-refractivity contribution is 0.0705. The van der Waals surface area contributed by atoms with Crippen LogP contribution in [0.1, 0.15) is 34.8 Å². The molecule has 3 heterocycles. The average Bonchev–Trinajstić information content (AvgIpc) is 2.79. The van der Waals surface area contributed by atoms with Crippen LogP contribution in [0.2, 0.25) is 0 Å². The summed E-state index contributed by atoms with van der Waals surface area (Å²) in [5.41, 5.74) is 2.16. The van der Waals surface area contributed by atoms with Gasteiger partial charge >= 0.3 is 0 Å². The number of carbonyl (C=O) groups is 1. The Balaban J connectivity index is 1.60. The van der Waals surface area contributed by atoms with E-state index in [4.69, 9.17) is 4.98 Å². The quantitative estimate of drug-likeness (QED) is 0.734. The molecule has 6 nitrogen and oxygen atoms in total. The van der Waals surface area contributed by atoms with E-state index in [9.17, 15) is 9.18 Å². The Labute approximate surface area is 168 Å². The molecule has 1 aliphatic heterocycles. The van der Waals surface area contributed by atoms with Gasteiger partial charge in [0.2, 0.25) is 0 Å². The second-order valence-electron chi connectivity index (χ2n) is 7.09. The van der Waals surface area contributed by atoms with E-state index in [1.807, 2.05) is 25.2 Å². The van der Waals surface area contributed by atoms with Gasteiger partial charge in [-0.05, 0) is 43.2 Å². The summed E-state index contributed by atoms with van der Waals surface area (Å²) in [6, 6.07) is 11.5. The highest BCUT2D eigenvalue weighted by atomic mass is 19.1. The number of hydrogen-bond donors (Lipinski definition) is 1. The summed E-state index contributed by atoms with van der Waals surface area (Å²) in [6.07, 6.45) is 5.23. The first-order chi connectivity index (χ1) is 14.1. The third-order valence-corrected chi connectivity index (χ3v) is 5.14. The van der Waals surface area contributed by atoms with Crippen molar-refractivity contribution < 1.29 is 9.18 Å². The van der Waals surface area contributed by atoms with Crippen molar-refractivity contribution in [1.29, 1.82) is 0 Å². The number of piperidine rings is 1. The molecule has 0 aliphatic carbocycles. The summed E-state index contributed by atoms with van der Waals surface area (Å²) in [5, 5.41) is 3.09. The number of likely N-dealkylation sites (tertiary alicyclic amines) is 1. The van der Waals surface area contributed by atoms with Crippen molar-refractivity contribution in [3.05, 3.63) is 71.9 Å². The number of rotatable bonds is 4. The number of pyridine rings is 1. The van der Waals surface area contributed by atoms with Gasteiger partial charge in [-0.1, -0.05) is 6.07 Å². The molecule has 1 atom stereocenters. The highest BCUT2D eigenvalue weighted by molar-refractivity contribution is 5.94. The van der Waals surface area contributed by atoms with E-state index in [0.717, 1.165) is 29.9 Å². The summed E-state index contributed by atoms with van der Waals surface area (Å²) in [7, 11) is 1.82. The molecule has 1 aromatic carbocycles. The van der Waals surface area contributed by atoms with E-state index < -0.39 is 5.82 Å². The minimum atomic E-state index is -0.402. The molecular formula is C22H22FN5O. The molecule has 29 heavy (non-hydrogen) atoms. The van der Waals surface area contributed by atoms with E-state index in [1.54, 1.807) is 29.4 Å². The lowest BCUT2D eigenvalue weighted by Crippen LogP contribution is -2.39. The number of amides is 1. The Morgan fingerprint density at radius 3 is 2.76 bits per heavy atom. The molecule has 1 amide bonds. The van der Waals surface area contributed by atoms with Crippen LogP contribution in [0.15, 0.2) is 54.9 Å². The maximum absolute atomic E-state index is 13.5. The number of nitrogens with zero attached hydrogens (tertiary/aromatic N) is 4. The molecule has 3 aromatic rings. The maximum atomic E-state index is 13.5. The second-order valence-corrected chi connectivity index (χ2v) is 7.09. The Bertz CT molecular complexity index is 1010. The van der Waals surface area contributed by atoms with Crippen LogP contribution >= 0.6 is 0 Å². The SMILES string of the molecule is CNc1cc([C@@H]2CCCN(C(=O)c3cccc(F)c3)C2)nc(-c2ccncc2)n1. The first-order valence-corrected chi connectivity index (χ1v) is 9.66. The van der Waals surface area contributed by atoms with Gasteiger partial charge in [-0.15, -0.1) is 0 Å². The van der Waals surface area contributed by atoms with Gasteiger partial charge in [0.1, 0.15) is 11.6 Å². The minimum Gasteiger partial charge on any atom is -0.373 e. The van der Waals surface area contributed by atoms with Gasteiger partial charge in [0.05, 0.1) is 5.69 Å². The molecule has 1 saturated heterocycles. The third kappa shape index (κ3) is 4.23. The summed E-state index contributed by atoms with van der Waals surface area (Å²) in [6.45, 7) is 1.21. The van der Waals surface area contributed by atoms with Crippen LogP contribution in [-0.4, -0.2) is 45.9 Å². The average molecular weight is 391 g/mol. The van der Waals surface area contributed by atoms with Gasteiger partial charge in [-0.2, -0.15) is 0 Å². The standard InChI is InChI=1S/C22H22FN5O/c1-24-20-13-19(26-21(27-20)15-7-9-25-10-8-15)17-5-3-11-28(14-17)22(29)16-4-2-6-18(23)12-16/h2,4,6-10,12-13,17H,3,5,11,14H2,1H3,(H,24,26,27)/t17-/m1/s1. The number of hydrogen-bond acceptors (Lipinski definition) is 5.